The Labute approximate surface area is 711 Å². The number of fused-ring (bicyclic) bond motifs is 4. The molecule has 124 heavy (non-hydrogen) atoms. The molecule has 0 radical (unpaired) electrons. The van der Waals surface area contributed by atoms with Gasteiger partial charge < -0.3 is 36.6 Å². The summed E-state index contributed by atoms with van der Waals surface area (Å²) < 4.78 is 106. The van der Waals surface area contributed by atoms with E-state index in [0.717, 1.165) is 78.1 Å². The SMILES string of the molecule is CC(=O)Nc1cc(F)c(C)c2c1C(=O)C(NC(C)=O)CC2.CC(=O)Nc1cc(F)c(C)c2c1C(=O)CCC2.CC(=O)Nc1cc(F)c(C)c2c1CCCC2.Cc1c(F)cc([N+](=O)[O-])c2c1C(=O)CCC2.Cc1cc(C(=O)CCC(=O)O)ccc1F.Cc1cc(CCCC(=O)O)c([N+](=O)[O-])cc1F.Cc1cc(CCCC(=O)O)ccc1F.Cc1ccccc1F. The molecular weight excluding hydrogens is 1630 g/mol. The second kappa shape index (κ2) is 48.0. The maximum absolute atomic E-state index is 13.9. The van der Waals surface area contributed by atoms with Crippen molar-refractivity contribution in [1.29, 1.82) is 0 Å². The van der Waals surface area contributed by atoms with Crippen molar-refractivity contribution in [2.45, 2.75) is 218 Å². The molecule has 32 heteroatoms. The fraction of sp³-hybridized carbons (Fsp3) is 0.359. The molecule has 0 aliphatic heterocycles. The Morgan fingerprint density at radius 1 is 0.395 bits per heavy atom. The van der Waals surface area contributed by atoms with Crippen LogP contribution in [0.15, 0.2) is 97.1 Å². The van der Waals surface area contributed by atoms with Crippen molar-refractivity contribution in [2.75, 3.05) is 16.0 Å². The van der Waals surface area contributed by atoms with Crippen LogP contribution in [0.2, 0.25) is 0 Å². The minimum atomic E-state index is -1.01. The number of carbonyl (C=O) groups excluding carboxylic acids is 8. The van der Waals surface area contributed by atoms with Gasteiger partial charge in [0.15, 0.2) is 23.1 Å². The number of Topliss-reactive ketones (excluding diaryl/α,β-unsaturated/α-hetero) is 4. The average molecular weight is 1730 g/mol. The number of nitrogens with zero attached hydrogens (tertiary/aromatic N) is 2. The van der Waals surface area contributed by atoms with E-state index < -0.39 is 51.2 Å². The van der Waals surface area contributed by atoms with E-state index >= 15 is 0 Å². The number of aryl methyl sites for hydroxylation is 6. The lowest BCUT2D eigenvalue weighted by Crippen LogP contribution is -2.43. The zero-order valence-electron chi connectivity index (χ0n) is 70.8. The number of nitro groups is 2. The standard InChI is InChI=1S/C15H17FN2O3.C13H14FNO2.C13H16FNO.C11H12FNO4.C11H10FNO3.C11H11FO3.C11H13FO2.C7H7F/c1-7-10-4-5-12(17-8(2)19)15(21)14(10)13(6-11(7)16)18-9(3)20;1-7-9-4-3-5-12(17)13(9)11(6-10(7)14)15-8(2)16;1-8-10-5-3-4-6-11(10)13(7-12(8)14)15-9(2)16;1-7-5-8(3-2-4-11(14)15)10(13(16)17)6-9(7)12;1-6-8(12)5-9(13(15)16)7-3-2-4-10(14)11(6)7;1-7-6-8(2-3-9(7)12)10(13)4-5-11(14)15;1-8-7-9(5-6-10(8)12)3-2-4-11(13)14;1-6-4-2-3-5-7(6)8/h6,12H,4-5H2,1-3H3,(H,17,19)(H,18,20);6H,3-5H2,1-2H3,(H,15,16);7H,3-6H2,1-2H3,(H,15,16);5-6H,2-4H2,1H3,(H,14,15);5H,2-4H2,1H3;2-3,6H,4-5H2,1H3,(H,14,15);5-7H,2-4H2,1H3,(H,13,14);2-5H,1H3. The molecule has 0 fully saturated rings. The van der Waals surface area contributed by atoms with Gasteiger partial charge in [0.05, 0.1) is 45.8 Å². The van der Waals surface area contributed by atoms with Crippen molar-refractivity contribution in [3.8, 4) is 0 Å². The van der Waals surface area contributed by atoms with Crippen LogP contribution < -0.4 is 21.3 Å². The summed E-state index contributed by atoms with van der Waals surface area (Å²) in [6, 6.07) is 22.0. The number of nitro benzene ring substituents is 2. The lowest BCUT2D eigenvalue weighted by atomic mass is 9.83. The van der Waals surface area contributed by atoms with E-state index in [1.807, 2.05) is 13.0 Å². The Balaban J connectivity index is 0.000000254. The topological polar surface area (TPSA) is 383 Å². The third kappa shape index (κ3) is 30.2. The molecule has 12 rings (SSSR count). The largest absolute Gasteiger partial charge is 0.481 e. The van der Waals surface area contributed by atoms with Crippen LogP contribution in [0.4, 0.5) is 63.6 Å². The monoisotopic (exact) mass is 1730 g/mol. The quantitative estimate of drug-likeness (QED) is 0.0182. The molecule has 4 aliphatic carbocycles. The third-order valence-electron chi connectivity index (χ3n) is 20.4. The lowest BCUT2D eigenvalue weighted by molar-refractivity contribution is -0.385. The van der Waals surface area contributed by atoms with Gasteiger partial charge in [-0.05, 0) is 272 Å². The minimum Gasteiger partial charge on any atom is -0.481 e. The summed E-state index contributed by atoms with van der Waals surface area (Å²) in [6.45, 7) is 18.5. The van der Waals surface area contributed by atoms with Gasteiger partial charge in [-0.1, -0.05) is 30.3 Å². The van der Waals surface area contributed by atoms with E-state index in [4.69, 9.17) is 15.3 Å². The number of rotatable bonds is 18. The van der Waals surface area contributed by atoms with Crippen molar-refractivity contribution >= 4 is 93.1 Å². The number of aliphatic carboxylic acids is 3. The van der Waals surface area contributed by atoms with Crippen molar-refractivity contribution in [3.63, 3.8) is 0 Å². The first-order valence-corrected chi connectivity index (χ1v) is 39.7. The van der Waals surface area contributed by atoms with Gasteiger partial charge in [-0.25, -0.2) is 35.1 Å². The molecular formula is C92H100F8N6O18. The maximum atomic E-state index is 13.9. The van der Waals surface area contributed by atoms with E-state index in [0.29, 0.717) is 142 Å². The summed E-state index contributed by atoms with van der Waals surface area (Å²) in [4.78, 5) is 143. The fourth-order valence-electron chi connectivity index (χ4n) is 14.0. The van der Waals surface area contributed by atoms with Gasteiger partial charge in [0.25, 0.3) is 11.4 Å². The summed E-state index contributed by atoms with van der Waals surface area (Å²) >= 11 is 0. The van der Waals surface area contributed by atoms with Gasteiger partial charge in [-0.15, -0.1) is 0 Å². The summed E-state index contributed by atoms with van der Waals surface area (Å²) in [7, 11) is 0. The van der Waals surface area contributed by atoms with Crippen LogP contribution in [-0.4, -0.2) is 95.9 Å². The molecule has 4 amide bonds. The lowest BCUT2D eigenvalue weighted by Gasteiger charge is -2.27. The number of carbonyl (C=O) groups is 11. The van der Waals surface area contributed by atoms with Gasteiger partial charge in [-0.2, -0.15) is 0 Å². The summed E-state index contributed by atoms with van der Waals surface area (Å²) in [6.07, 6.45) is 9.97. The van der Waals surface area contributed by atoms with Crippen LogP contribution >= 0.6 is 0 Å². The fourth-order valence-corrected chi connectivity index (χ4v) is 14.0. The molecule has 0 spiro atoms. The molecule has 7 N–H and O–H groups in total. The molecule has 0 heterocycles. The van der Waals surface area contributed by atoms with Gasteiger partial charge in [0.1, 0.15) is 46.5 Å². The van der Waals surface area contributed by atoms with Crippen molar-refractivity contribution in [1.82, 2.24) is 5.32 Å². The first-order valence-electron chi connectivity index (χ1n) is 39.7. The molecule has 0 aromatic heterocycles. The number of carboxylic acids is 3. The van der Waals surface area contributed by atoms with E-state index in [9.17, 15) is 108 Å². The van der Waals surface area contributed by atoms with Crippen LogP contribution in [0.3, 0.4) is 0 Å². The molecule has 1 atom stereocenters. The highest BCUT2D eigenvalue weighted by molar-refractivity contribution is 6.11. The number of hydrogen-bond acceptors (Lipinski definition) is 15. The average Bonchev–Trinajstić information content (AvgIpc) is 0.753. The zero-order chi connectivity index (χ0) is 92.8. The van der Waals surface area contributed by atoms with Crippen LogP contribution in [0, 0.1) is 122 Å². The Morgan fingerprint density at radius 2 is 0.831 bits per heavy atom. The number of benzene rings is 8. The number of ketones is 4. The molecule has 0 saturated carbocycles. The summed E-state index contributed by atoms with van der Waals surface area (Å²) in [5, 5.41) is 57.1. The number of amides is 4. The van der Waals surface area contributed by atoms with Crippen LogP contribution in [0.5, 0.6) is 0 Å². The molecule has 1 unspecified atom stereocenters. The minimum absolute atomic E-state index is 0.0156. The number of hydrogen-bond donors (Lipinski definition) is 7. The van der Waals surface area contributed by atoms with E-state index in [1.54, 1.807) is 58.9 Å². The summed E-state index contributed by atoms with van der Waals surface area (Å²) in [5.41, 5.74) is 11.2. The van der Waals surface area contributed by atoms with Gasteiger partial charge in [-0.3, -0.25) is 73.0 Å². The van der Waals surface area contributed by atoms with E-state index in [2.05, 4.69) is 21.3 Å². The number of halogens is 8. The Bertz CT molecular complexity index is 5380. The third-order valence-corrected chi connectivity index (χ3v) is 20.4. The maximum Gasteiger partial charge on any atom is 0.303 e. The summed E-state index contributed by atoms with van der Waals surface area (Å²) in [5.74, 6) is -7.72. The van der Waals surface area contributed by atoms with E-state index in [1.165, 1.54) is 90.1 Å². The normalized spacial score (nSPS) is 13.0. The Hall–Kier alpha value is -13.0. The molecule has 8 aromatic rings. The van der Waals surface area contributed by atoms with Crippen LogP contribution in [0.1, 0.15) is 236 Å². The predicted octanol–water partition coefficient (Wildman–Crippen LogP) is 19.2. The molecule has 24 nitrogen and oxygen atoms in total. The highest BCUT2D eigenvalue weighted by atomic mass is 19.2. The highest BCUT2D eigenvalue weighted by Crippen LogP contribution is 2.38. The van der Waals surface area contributed by atoms with Gasteiger partial charge >= 0.3 is 17.9 Å². The van der Waals surface area contributed by atoms with Gasteiger partial charge in [0.2, 0.25) is 23.6 Å². The van der Waals surface area contributed by atoms with Crippen molar-refractivity contribution in [2.24, 2.45) is 0 Å². The molecule has 662 valence electrons. The van der Waals surface area contributed by atoms with E-state index in [-0.39, 0.29) is 136 Å². The molecule has 8 aromatic carbocycles. The highest BCUT2D eigenvalue weighted by Gasteiger charge is 2.34. The second-order valence-corrected chi connectivity index (χ2v) is 29.9. The van der Waals surface area contributed by atoms with Crippen LogP contribution in [0.25, 0.3) is 0 Å². The first kappa shape index (κ1) is 102. The van der Waals surface area contributed by atoms with Crippen molar-refractivity contribution in [3.05, 3.63) is 270 Å². The smallest absolute Gasteiger partial charge is 0.303 e. The predicted molar refractivity (Wildman–Crippen MR) is 449 cm³/mol. The molecule has 4 aliphatic rings. The van der Waals surface area contributed by atoms with Crippen molar-refractivity contribution < 1.29 is 113 Å². The zero-order valence-corrected chi connectivity index (χ0v) is 70.8. The Morgan fingerprint density at radius 3 is 1.33 bits per heavy atom. The van der Waals surface area contributed by atoms with Gasteiger partial charge in [0, 0.05) is 98.9 Å². The number of nitrogens with one attached hydrogen (secondary N) is 4. The number of carboxylic acid groups (broad SMARTS) is 3. The Kier molecular flexibility index (Phi) is 39.3. The first-order chi connectivity index (χ1) is 58.2. The molecule has 0 saturated heterocycles. The molecule has 0 bridgehead atoms. The second-order valence-electron chi connectivity index (χ2n) is 29.9. The van der Waals surface area contributed by atoms with Crippen LogP contribution in [-0.2, 0) is 78.5 Å². The number of anilines is 3.